The van der Waals surface area contributed by atoms with E-state index >= 15 is 0 Å². The van der Waals surface area contributed by atoms with Gasteiger partial charge in [-0.1, -0.05) is 6.92 Å². The first-order chi connectivity index (χ1) is 4.24. The van der Waals surface area contributed by atoms with Crippen LogP contribution < -0.4 is 0 Å². The van der Waals surface area contributed by atoms with Crippen molar-refractivity contribution in [3.63, 3.8) is 0 Å². The SMILES string of the molecule is C[C@@H]1C[C@@H](CCl)OC1=O. The molecule has 1 rings (SSSR count). The Bertz CT molecular complexity index is 124. The number of cyclic esters (lactones) is 1. The Kier molecular flexibility index (Phi) is 1.96. The number of carbonyl (C=O) groups excluding carboxylic acids is 1. The number of rotatable bonds is 1. The highest BCUT2D eigenvalue weighted by Gasteiger charge is 2.29. The molecular weight excluding hydrogens is 140 g/mol. The van der Waals surface area contributed by atoms with Crippen LogP contribution in [0, 0.1) is 5.92 Å². The summed E-state index contributed by atoms with van der Waals surface area (Å²) < 4.78 is 4.85. The number of esters is 1. The average Bonchev–Trinajstić information content (AvgIpc) is 2.13. The minimum Gasteiger partial charge on any atom is -0.461 e. The van der Waals surface area contributed by atoms with Crippen LogP contribution in [0.25, 0.3) is 0 Å². The lowest BCUT2D eigenvalue weighted by Gasteiger charge is -2.00. The second-order valence-corrected chi connectivity index (χ2v) is 2.66. The standard InChI is InChI=1S/C6H9ClO2/c1-4-2-5(3-7)9-6(4)8/h4-5H,2-3H2,1H3/t4-,5+/m1/s1. The van der Waals surface area contributed by atoms with Crippen LogP contribution in [0.3, 0.4) is 0 Å². The second kappa shape index (κ2) is 2.56. The van der Waals surface area contributed by atoms with Gasteiger partial charge in [-0.25, -0.2) is 0 Å². The van der Waals surface area contributed by atoms with Gasteiger partial charge >= 0.3 is 5.97 Å². The van der Waals surface area contributed by atoms with Crippen LogP contribution in [0.5, 0.6) is 0 Å². The minimum absolute atomic E-state index is 0.0332. The Hall–Kier alpha value is -0.240. The van der Waals surface area contributed by atoms with Crippen LogP contribution in [0.15, 0.2) is 0 Å². The second-order valence-electron chi connectivity index (χ2n) is 2.35. The first-order valence-electron chi connectivity index (χ1n) is 3.00. The van der Waals surface area contributed by atoms with Crippen molar-refractivity contribution < 1.29 is 9.53 Å². The van der Waals surface area contributed by atoms with E-state index in [1.54, 1.807) is 0 Å². The fraction of sp³-hybridized carbons (Fsp3) is 0.833. The Morgan fingerprint density at radius 2 is 2.56 bits per heavy atom. The molecule has 0 saturated carbocycles. The van der Waals surface area contributed by atoms with Crippen molar-refractivity contribution in [1.82, 2.24) is 0 Å². The molecule has 0 radical (unpaired) electrons. The van der Waals surface area contributed by atoms with Crippen molar-refractivity contribution in [1.29, 1.82) is 0 Å². The van der Waals surface area contributed by atoms with E-state index in [2.05, 4.69) is 0 Å². The maximum absolute atomic E-state index is 10.7. The van der Waals surface area contributed by atoms with E-state index < -0.39 is 0 Å². The molecule has 2 nitrogen and oxygen atoms in total. The van der Waals surface area contributed by atoms with E-state index in [1.807, 2.05) is 6.92 Å². The van der Waals surface area contributed by atoms with Crippen LogP contribution >= 0.6 is 11.6 Å². The summed E-state index contributed by atoms with van der Waals surface area (Å²) in [6.07, 6.45) is 0.747. The van der Waals surface area contributed by atoms with Gasteiger partial charge in [0.15, 0.2) is 0 Å². The molecule has 0 bridgehead atoms. The number of halogens is 1. The van der Waals surface area contributed by atoms with Crippen molar-refractivity contribution in [2.75, 3.05) is 5.88 Å². The van der Waals surface area contributed by atoms with Gasteiger partial charge in [0.25, 0.3) is 0 Å². The monoisotopic (exact) mass is 148 g/mol. The van der Waals surface area contributed by atoms with E-state index in [4.69, 9.17) is 16.3 Å². The summed E-state index contributed by atoms with van der Waals surface area (Å²) in [5, 5.41) is 0. The van der Waals surface area contributed by atoms with E-state index in [0.29, 0.717) is 5.88 Å². The molecule has 0 N–H and O–H groups in total. The third kappa shape index (κ3) is 1.36. The fourth-order valence-corrected chi connectivity index (χ4v) is 1.10. The molecule has 1 aliphatic rings. The molecule has 1 heterocycles. The molecule has 0 aromatic carbocycles. The molecular formula is C6H9ClO2. The zero-order valence-electron chi connectivity index (χ0n) is 5.26. The molecule has 52 valence electrons. The lowest BCUT2D eigenvalue weighted by Crippen LogP contribution is -2.07. The maximum atomic E-state index is 10.7. The zero-order valence-corrected chi connectivity index (χ0v) is 6.02. The van der Waals surface area contributed by atoms with Crippen LogP contribution in [0.2, 0.25) is 0 Å². The van der Waals surface area contributed by atoms with E-state index in [-0.39, 0.29) is 18.0 Å². The van der Waals surface area contributed by atoms with E-state index in [1.165, 1.54) is 0 Å². The normalized spacial score (nSPS) is 34.7. The Morgan fingerprint density at radius 3 is 2.78 bits per heavy atom. The van der Waals surface area contributed by atoms with Gasteiger partial charge in [-0.3, -0.25) is 4.79 Å². The van der Waals surface area contributed by atoms with Crippen LogP contribution in [-0.4, -0.2) is 18.0 Å². The summed E-state index contributed by atoms with van der Waals surface area (Å²) in [6.45, 7) is 1.86. The highest BCUT2D eigenvalue weighted by molar-refractivity contribution is 6.18. The number of carbonyl (C=O) groups is 1. The Morgan fingerprint density at radius 1 is 1.89 bits per heavy atom. The molecule has 9 heavy (non-hydrogen) atoms. The zero-order chi connectivity index (χ0) is 6.85. The molecule has 2 atom stereocenters. The maximum Gasteiger partial charge on any atom is 0.309 e. The van der Waals surface area contributed by atoms with Gasteiger partial charge in [0.2, 0.25) is 0 Å². The molecule has 1 saturated heterocycles. The summed E-state index contributed by atoms with van der Waals surface area (Å²) in [5.74, 6) is 0.366. The lowest BCUT2D eigenvalue weighted by molar-refractivity contribution is -0.143. The molecule has 1 fully saturated rings. The van der Waals surface area contributed by atoms with Gasteiger partial charge in [0.1, 0.15) is 6.10 Å². The summed E-state index contributed by atoms with van der Waals surface area (Å²) in [5.41, 5.74) is 0. The third-order valence-corrected chi connectivity index (χ3v) is 1.82. The largest absolute Gasteiger partial charge is 0.461 e. The van der Waals surface area contributed by atoms with Gasteiger partial charge in [-0.15, -0.1) is 11.6 Å². The predicted octanol–water partition coefficient (Wildman–Crippen LogP) is 1.18. The van der Waals surface area contributed by atoms with Gasteiger partial charge in [-0.2, -0.15) is 0 Å². The third-order valence-electron chi connectivity index (χ3n) is 1.47. The summed E-state index contributed by atoms with van der Waals surface area (Å²) in [6, 6.07) is 0. The first-order valence-corrected chi connectivity index (χ1v) is 3.54. The molecule has 0 aromatic heterocycles. The fourth-order valence-electron chi connectivity index (χ4n) is 0.914. The summed E-state index contributed by atoms with van der Waals surface area (Å²) >= 11 is 5.46. The van der Waals surface area contributed by atoms with Crippen LogP contribution in [-0.2, 0) is 9.53 Å². The Labute approximate surface area is 59.1 Å². The van der Waals surface area contributed by atoms with Gasteiger partial charge in [0, 0.05) is 0 Å². The van der Waals surface area contributed by atoms with E-state index in [0.717, 1.165) is 6.42 Å². The van der Waals surface area contributed by atoms with Crippen LogP contribution in [0.1, 0.15) is 13.3 Å². The predicted molar refractivity (Wildman–Crippen MR) is 34.4 cm³/mol. The highest BCUT2D eigenvalue weighted by atomic mass is 35.5. The smallest absolute Gasteiger partial charge is 0.309 e. The summed E-state index contributed by atoms with van der Waals surface area (Å²) in [4.78, 5) is 10.7. The number of hydrogen-bond acceptors (Lipinski definition) is 2. The van der Waals surface area contributed by atoms with Crippen molar-refractivity contribution in [3.05, 3.63) is 0 Å². The van der Waals surface area contributed by atoms with E-state index in [9.17, 15) is 4.79 Å². The number of hydrogen-bond donors (Lipinski definition) is 0. The Balaban J connectivity index is 2.44. The molecule has 0 aliphatic carbocycles. The lowest BCUT2D eigenvalue weighted by atomic mass is 10.1. The first kappa shape index (κ1) is 6.87. The highest BCUT2D eigenvalue weighted by Crippen LogP contribution is 2.20. The molecule has 0 unspecified atom stereocenters. The molecule has 0 aromatic rings. The number of ether oxygens (including phenoxy) is 1. The van der Waals surface area contributed by atoms with Crippen LogP contribution in [0.4, 0.5) is 0 Å². The summed E-state index contributed by atoms with van der Waals surface area (Å²) in [7, 11) is 0. The van der Waals surface area contributed by atoms with Gasteiger partial charge in [0.05, 0.1) is 11.8 Å². The quantitative estimate of drug-likeness (QED) is 0.412. The molecule has 3 heteroatoms. The van der Waals surface area contributed by atoms with Crippen molar-refractivity contribution in [3.8, 4) is 0 Å². The van der Waals surface area contributed by atoms with Crippen molar-refractivity contribution in [2.24, 2.45) is 5.92 Å². The average molecular weight is 149 g/mol. The number of alkyl halides is 1. The topological polar surface area (TPSA) is 26.3 Å². The minimum atomic E-state index is -0.111. The molecule has 0 amide bonds. The van der Waals surface area contributed by atoms with Gasteiger partial charge in [-0.05, 0) is 6.42 Å². The van der Waals surface area contributed by atoms with Gasteiger partial charge < -0.3 is 4.74 Å². The van der Waals surface area contributed by atoms with Crippen molar-refractivity contribution in [2.45, 2.75) is 19.4 Å². The van der Waals surface area contributed by atoms with Crippen molar-refractivity contribution >= 4 is 17.6 Å². The molecule has 0 spiro atoms. The molecule has 1 aliphatic heterocycles.